The predicted octanol–water partition coefficient (Wildman–Crippen LogP) is 0.811. The molecule has 23 heavy (non-hydrogen) atoms. The summed E-state index contributed by atoms with van der Waals surface area (Å²) in [5.41, 5.74) is 0.804. The number of para-hydroxylation sites is 1. The van der Waals surface area contributed by atoms with Crippen LogP contribution in [0.25, 0.3) is 0 Å². The molecule has 0 spiro atoms. The molecule has 0 aliphatic carbocycles. The molecule has 1 amide bonds. The van der Waals surface area contributed by atoms with Gasteiger partial charge in [0.1, 0.15) is 11.4 Å². The van der Waals surface area contributed by atoms with Crippen LogP contribution in [0.15, 0.2) is 41.2 Å². The monoisotopic (exact) mass is 316 g/mol. The number of ether oxygens (including phenoxy) is 1. The summed E-state index contributed by atoms with van der Waals surface area (Å²) >= 11 is 0. The van der Waals surface area contributed by atoms with Crippen molar-refractivity contribution >= 4 is 5.91 Å². The van der Waals surface area contributed by atoms with Crippen molar-refractivity contribution in [2.24, 2.45) is 0 Å². The second-order valence-corrected chi connectivity index (χ2v) is 5.24. The summed E-state index contributed by atoms with van der Waals surface area (Å²) in [7, 11) is 5.48. The van der Waals surface area contributed by atoms with Crippen LogP contribution in [-0.4, -0.2) is 48.8 Å². The molecule has 0 fully saturated rings. The number of aromatic amines is 1. The lowest BCUT2D eigenvalue weighted by molar-refractivity contribution is 0.0935. The Morgan fingerprint density at radius 2 is 2.04 bits per heavy atom. The Bertz CT molecular complexity index is 707. The molecule has 1 atom stereocenters. The highest BCUT2D eigenvalue weighted by Crippen LogP contribution is 2.27. The maximum atomic E-state index is 12.1. The van der Waals surface area contributed by atoms with E-state index in [0.717, 1.165) is 11.3 Å². The lowest BCUT2D eigenvalue weighted by atomic mass is 10.0. The third kappa shape index (κ3) is 4.17. The molecular formula is C16H20N4O3. The Balaban J connectivity index is 2.12. The summed E-state index contributed by atoms with van der Waals surface area (Å²) in [5.74, 6) is 0.422. The summed E-state index contributed by atoms with van der Waals surface area (Å²) in [5, 5.41) is 8.79. The Morgan fingerprint density at radius 1 is 1.30 bits per heavy atom. The molecule has 1 aromatic heterocycles. The molecule has 0 unspecified atom stereocenters. The fourth-order valence-electron chi connectivity index (χ4n) is 2.26. The highest BCUT2D eigenvalue weighted by atomic mass is 16.5. The van der Waals surface area contributed by atoms with E-state index in [0.29, 0.717) is 6.54 Å². The molecule has 0 radical (unpaired) electrons. The van der Waals surface area contributed by atoms with Crippen molar-refractivity contribution in [3.05, 3.63) is 58.0 Å². The van der Waals surface area contributed by atoms with E-state index in [-0.39, 0.29) is 23.2 Å². The minimum absolute atomic E-state index is 0.0575. The smallest absolute Gasteiger partial charge is 0.271 e. The molecular weight excluding hydrogens is 296 g/mol. The lowest BCUT2D eigenvalue weighted by Crippen LogP contribution is -2.35. The first-order chi connectivity index (χ1) is 11.0. The van der Waals surface area contributed by atoms with Gasteiger partial charge >= 0.3 is 0 Å². The van der Waals surface area contributed by atoms with Crippen molar-refractivity contribution in [2.75, 3.05) is 27.7 Å². The average molecular weight is 316 g/mol. The van der Waals surface area contributed by atoms with E-state index in [2.05, 4.69) is 15.5 Å². The van der Waals surface area contributed by atoms with Gasteiger partial charge in [0.05, 0.1) is 13.2 Å². The highest BCUT2D eigenvalue weighted by Gasteiger charge is 2.19. The number of hydrogen-bond donors (Lipinski definition) is 2. The number of carbonyl (C=O) groups excluding carboxylic acids is 1. The van der Waals surface area contributed by atoms with Gasteiger partial charge in [0.25, 0.3) is 11.5 Å². The van der Waals surface area contributed by atoms with Crippen molar-refractivity contribution in [3.63, 3.8) is 0 Å². The van der Waals surface area contributed by atoms with E-state index in [1.54, 1.807) is 7.11 Å². The van der Waals surface area contributed by atoms with Crippen molar-refractivity contribution < 1.29 is 9.53 Å². The maximum Gasteiger partial charge on any atom is 0.271 e. The van der Waals surface area contributed by atoms with E-state index in [9.17, 15) is 9.59 Å². The molecule has 2 aromatic rings. The third-order valence-corrected chi connectivity index (χ3v) is 3.49. The standard InChI is InChI=1S/C16H20N4O3/c1-20(2)13(11-6-4-5-7-14(11)23-3)10-17-16(22)12-8-9-15(21)19-18-12/h4-9,13H,10H2,1-3H3,(H,17,22)(H,19,21)/t13-/m0/s1. The summed E-state index contributed by atoms with van der Waals surface area (Å²) in [6.07, 6.45) is 0. The van der Waals surface area contributed by atoms with Crippen molar-refractivity contribution in [1.82, 2.24) is 20.4 Å². The predicted molar refractivity (Wildman–Crippen MR) is 86.6 cm³/mol. The fourth-order valence-corrected chi connectivity index (χ4v) is 2.26. The number of nitrogens with one attached hydrogen (secondary N) is 2. The number of benzene rings is 1. The second kappa shape index (κ2) is 7.55. The van der Waals surface area contributed by atoms with Crippen LogP contribution in [-0.2, 0) is 0 Å². The molecule has 0 saturated heterocycles. The van der Waals surface area contributed by atoms with Crippen LogP contribution in [0, 0.1) is 0 Å². The van der Waals surface area contributed by atoms with Gasteiger partial charge in [-0.2, -0.15) is 5.10 Å². The van der Waals surface area contributed by atoms with Gasteiger partial charge in [-0.3, -0.25) is 9.59 Å². The van der Waals surface area contributed by atoms with Crippen molar-refractivity contribution in [1.29, 1.82) is 0 Å². The van der Waals surface area contributed by atoms with E-state index < -0.39 is 0 Å². The largest absolute Gasteiger partial charge is 0.496 e. The average Bonchev–Trinajstić information content (AvgIpc) is 2.55. The molecule has 7 nitrogen and oxygen atoms in total. The normalized spacial score (nSPS) is 12.0. The Labute approximate surface area is 134 Å². The SMILES string of the molecule is COc1ccccc1[C@H](CNC(=O)c1ccc(=O)[nH]n1)N(C)C. The summed E-state index contributed by atoms with van der Waals surface area (Å²) in [4.78, 5) is 25.1. The van der Waals surface area contributed by atoms with Gasteiger partial charge in [-0.05, 0) is 26.2 Å². The minimum Gasteiger partial charge on any atom is -0.496 e. The number of hydrogen-bond acceptors (Lipinski definition) is 5. The molecule has 2 rings (SSSR count). The zero-order valence-electron chi connectivity index (χ0n) is 13.4. The number of rotatable bonds is 6. The van der Waals surface area contributed by atoms with Crippen LogP contribution in [0.5, 0.6) is 5.75 Å². The highest BCUT2D eigenvalue weighted by molar-refractivity contribution is 5.92. The van der Waals surface area contributed by atoms with E-state index in [1.807, 2.05) is 43.3 Å². The van der Waals surface area contributed by atoms with Gasteiger partial charge in [0.15, 0.2) is 0 Å². The summed E-state index contributed by atoms with van der Waals surface area (Å²) < 4.78 is 5.39. The van der Waals surface area contributed by atoms with Gasteiger partial charge in [-0.25, -0.2) is 5.10 Å². The molecule has 122 valence electrons. The van der Waals surface area contributed by atoms with Crippen LogP contribution in [0.4, 0.5) is 0 Å². The van der Waals surface area contributed by atoms with Gasteiger partial charge in [0.2, 0.25) is 0 Å². The molecule has 7 heteroatoms. The molecule has 2 N–H and O–H groups in total. The number of likely N-dealkylation sites (N-methyl/N-ethyl adjacent to an activating group) is 1. The molecule has 0 aliphatic heterocycles. The van der Waals surface area contributed by atoms with Gasteiger partial charge in [0, 0.05) is 18.2 Å². The minimum atomic E-state index is -0.346. The quantitative estimate of drug-likeness (QED) is 0.823. The molecule has 0 aliphatic rings. The van der Waals surface area contributed by atoms with Crippen LogP contribution in [0.2, 0.25) is 0 Å². The van der Waals surface area contributed by atoms with Crippen molar-refractivity contribution in [3.8, 4) is 5.75 Å². The number of carbonyl (C=O) groups is 1. The van der Waals surface area contributed by atoms with Crippen LogP contribution in [0.3, 0.4) is 0 Å². The van der Waals surface area contributed by atoms with E-state index in [1.165, 1.54) is 12.1 Å². The van der Waals surface area contributed by atoms with Crippen LogP contribution < -0.4 is 15.6 Å². The first kappa shape index (κ1) is 16.7. The number of H-pyrrole nitrogens is 1. The van der Waals surface area contributed by atoms with Gasteiger partial charge in [-0.1, -0.05) is 18.2 Å². The first-order valence-corrected chi connectivity index (χ1v) is 7.16. The number of amides is 1. The van der Waals surface area contributed by atoms with Crippen LogP contribution >= 0.6 is 0 Å². The summed E-state index contributed by atoms with van der Waals surface area (Å²) in [6, 6.07) is 10.3. The zero-order chi connectivity index (χ0) is 16.8. The van der Waals surface area contributed by atoms with Crippen LogP contribution in [0.1, 0.15) is 22.1 Å². The Hall–Kier alpha value is -2.67. The number of methoxy groups -OCH3 is 1. The van der Waals surface area contributed by atoms with Gasteiger partial charge in [-0.15, -0.1) is 0 Å². The Morgan fingerprint density at radius 3 is 2.65 bits per heavy atom. The zero-order valence-corrected chi connectivity index (χ0v) is 13.4. The maximum absolute atomic E-state index is 12.1. The van der Waals surface area contributed by atoms with Crippen molar-refractivity contribution in [2.45, 2.75) is 6.04 Å². The third-order valence-electron chi connectivity index (χ3n) is 3.49. The second-order valence-electron chi connectivity index (χ2n) is 5.24. The molecule has 1 heterocycles. The topological polar surface area (TPSA) is 87.3 Å². The molecule has 0 bridgehead atoms. The number of aromatic nitrogens is 2. The first-order valence-electron chi connectivity index (χ1n) is 7.16. The fraction of sp³-hybridized carbons (Fsp3) is 0.312. The summed E-state index contributed by atoms with van der Waals surface area (Å²) in [6.45, 7) is 0.382. The van der Waals surface area contributed by atoms with Gasteiger partial charge < -0.3 is 15.0 Å². The number of nitrogens with zero attached hydrogens (tertiary/aromatic N) is 2. The van der Waals surface area contributed by atoms with E-state index in [4.69, 9.17) is 4.74 Å². The lowest BCUT2D eigenvalue weighted by Gasteiger charge is -2.26. The molecule has 1 aromatic carbocycles. The van der Waals surface area contributed by atoms with E-state index >= 15 is 0 Å². The Kier molecular flexibility index (Phi) is 5.48. The molecule has 0 saturated carbocycles.